The van der Waals surface area contributed by atoms with Crippen molar-refractivity contribution in [3.05, 3.63) is 17.8 Å². The molecule has 1 fully saturated rings. The lowest BCUT2D eigenvalue weighted by Gasteiger charge is -2.35. The predicted molar refractivity (Wildman–Crippen MR) is 67.9 cm³/mol. The quantitative estimate of drug-likeness (QED) is 0.871. The van der Waals surface area contributed by atoms with Crippen LogP contribution < -0.4 is 5.32 Å². The van der Waals surface area contributed by atoms with E-state index in [2.05, 4.69) is 29.0 Å². The first-order valence-corrected chi connectivity index (χ1v) is 6.60. The number of rotatable bonds is 4. The number of hydrogen-bond acceptors (Lipinski definition) is 4. The van der Waals surface area contributed by atoms with Crippen LogP contribution in [0, 0.1) is 6.92 Å². The lowest BCUT2D eigenvalue weighted by atomic mass is 10.0. The maximum Gasteiger partial charge on any atom is 0.211 e. The van der Waals surface area contributed by atoms with Gasteiger partial charge >= 0.3 is 0 Å². The molecule has 1 aliphatic heterocycles. The van der Waals surface area contributed by atoms with Crippen LogP contribution in [0.15, 0.2) is 10.6 Å². The number of oxazole rings is 1. The number of likely N-dealkylation sites (tertiary alicyclic amines) is 1. The van der Waals surface area contributed by atoms with Crippen molar-refractivity contribution in [2.75, 3.05) is 19.6 Å². The highest BCUT2D eigenvalue weighted by Gasteiger charge is 2.25. The Morgan fingerprint density at radius 2 is 2.24 bits per heavy atom. The van der Waals surface area contributed by atoms with Crippen LogP contribution in [0.1, 0.15) is 44.4 Å². The molecule has 4 heteroatoms. The molecular formula is C13H23N3O. The van der Waals surface area contributed by atoms with Gasteiger partial charge in [0, 0.05) is 19.1 Å². The van der Waals surface area contributed by atoms with Crippen LogP contribution in [-0.4, -0.2) is 35.6 Å². The summed E-state index contributed by atoms with van der Waals surface area (Å²) < 4.78 is 5.60. The highest BCUT2D eigenvalue weighted by Crippen LogP contribution is 2.23. The van der Waals surface area contributed by atoms with Gasteiger partial charge in [0.05, 0.1) is 12.2 Å². The Bertz CT molecular complexity index is 342. The average Bonchev–Trinajstić information content (AvgIpc) is 2.76. The first-order valence-electron chi connectivity index (χ1n) is 6.60. The molecule has 17 heavy (non-hydrogen) atoms. The first-order chi connectivity index (χ1) is 8.20. The van der Waals surface area contributed by atoms with Gasteiger partial charge in [-0.05, 0) is 33.2 Å². The molecule has 0 aliphatic carbocycles. The summed E-state index contributed by atoms with van der Waals surface area (Å²) >= 11 is 0. The Kier molecular flexibility index (Phi) is 4.18. The first kappa shape index (κ1) is 12.6. The Morgan fingerprint density at radius 3 is 2.76 bits per heavy atom. The molecule has 2 heterocycles. The summed E-state index contributed by atoms with van der Waals surface area (Å²) in [5, 5.41) is 3.52. The van der Waals surface area contributed by atoms with Crippen molar-refractivity contribution >= 4 is 0 Å². The van der Waals surface area contributed by atoms with Gasteiger partial charge in [-0.25, -0.2) is 4.98 Å². The van der Waals surface area contributed by atoms with Crippen molar-refractivity contribution in [3.63, 3.8) is 0 Å². The van der Waals surface area contributed by atoms with Crippen LogP contribution in [0.3, 0.4) is 0 Å². The maximum absolute atomic E-state index is 5.60. The van der Waals surface area contributed by atoms with Gasteiger partial charge in [0.1, 0.15) is 5.76 Å². The summed E-state index contributed by atoms with van der Waals surface area (Å²) in [5.74, 6) is 1.75. The van der Waals surface area contributed by atoms with Crippen LogP contribution in [0.4, 0.5) is 0 Å². The molecule has 1 aliphatic rings. The molecular weight excluding hydrogens is 214 g/mol. The molecule has 0 saturated carbocycles. The largest absolute Gasteiger partial charge is 0.444 e. The van der Waals surface area contributed by atoms with Crippen LogP contribution in [0.2, 0.25) is 0 Å². The van der Waals surface area contributed by atoms with Gasteiger partial charge in [0.2, 0.25) is 5.89 Å². The highest BCUT2D eigenvalue weighted by atomic mass is 16.4. The number of aryl methyl sites for hydroxylation is 1. The molecule has 0 radical (unpaired) electrons. The molecule has 96 valence electrons. The Balaban J connectivity index is 1.88. The van der Waals surface area contributed by atoms with Crippen molar-refractivity contribution in [2.45, 2.75) is 45.7 Å². The minimum atomic E-state index is 0.297. The summed E-state index contributed by atoms with van der Waals surface area (Å²) in [6.45, 7) is 9.61. The lowest BCUT2D eigenvalue weighted by Crippen LogP contribution is -2.43. The smallest absolute Gasteiger partial charge is 0.211 e. The molecule has 1 unspecified atom stereocenters. The number of hydrogen-bond donors (Lipinski definition) is 1. The summed E-state index contributed by atoms with van der Waals surface area (Å²) in [4.78, 5) is 6.78. The molecule has 1 aromatic heterocycles. The second-order valence-corrected chi connectivity index (χ2v) is 4.85. The predicted octanol–water partition coefficient (Wildman–Crippen LogP) is 2.12. The maximum atomic E-state index is 5.60. The van der Waals surface area contributed by atoms with Gasteiger partial charge in [-0.3, -0.25) is 4.90 Å². The number of nitrogens with one attached hydrogen (secondary N) is 1. The van der Waals surface area contributed by atoms with E-state index in [1.54, 1.807) is 6.20 Å². The fraction of sp³-hybridized carbons (Fsp3) is 0.769. The van der Waals surface area contributed by atoms with E-state index in [0.717, 1.165) is 31.3 Å². The second-order valence-electron chi connectivity index (χ2n) is 4.85. The third-order valence-electron chi connectivity index (χ3n) is 3.57. The van der Waals surface area contributed by atoms with E-state index in [1.807, 2.05) is 6.92 Å². The molecule has 1 saturated heterocycles. The SMILES string of the molecule is CCNC1CCN(C(C)c2ncc(C)o2)CC1. The third-order valence-corrected chi connectivity index (χ3v) is 3.57. The van der Waals surface area contributed by atoms with E-state index in [9.17, 15) is 0 Å². The summed E-state index contributed by atoms with van der Waals surface area (Å²) in [6, 6.07) is 0.987. The molecule has 0 spiro atoms. The van der Waals surface area contributed by atoms with Gasteiger partial charge in [-0.15, -0.1) is 0 Å². The number of piperidine rings is 1. The molecule has 2 rings (SSSR count). The molecule has 0 aromatic carbocycles. The molecule has 0 bridgehead atoms. The number of aromatic nitrogens is 1. The molecule has 1 N–H and O–H groups in total. The topological polar surface area (TPSA) is 41.3 Å². The van der Waals surface area contributed by atoms with Crippen LogP contribution in [-0.2, 0) is 0 Å². The van der Waals surface area contributed by atoms with Gasteiger partial charge in [0.25, 0.3) is 0 Å². The van der Waals surface area contributed by atoms with E-state index >= 15 is 0 Å². The van der Waals surface area contributed by atoms with Crippen LogP contribution >= 0.6 is 0 Å². The average molecular weight is 237 g/mol. The van der Waals surface area contributed by atoms with Gasteiger partial charge in [-0.1, -0.05) is 6.92 Å². The minimum Gasteiger partial charge on any atom is -0.444 e. The van der Waals surface area contributed by atoms with Gasteiger partial charge in [0.15, 0.2) is 0 Å². The standard InChI is InChI=1S/C13H23N3O/c1-4-14-12-5-7-16(8-6-12)11(3)13-15-9-10(2)17-13/h9,11-12,14H,4-8H2,1-3H3. The zero-order valence-electron chi connectivity index (χ0n) is 11.1. The summed E-state index contributed by atoms with van der Waals surface area (Å²) in [6.07, 6.45) is 4.24. The Hall–Kier alpha value is -0.870. The summed E-state index contributed by atoms with van der Waals surface area (Å²) in [5.41, 5.74) is 0. The van der Waals surface area contributed by atoms with Gasteiger partial charge < -0.3 is 9.73 Å². The zero-order valence-corrected chi connectivity index (χ0v) is 11.1. The fourth-order valence-corrected chi connectivity index (χ4v) is 2.50. The van der Waals surface area contributed by atoms with Gasteiger partial charge in [-0.2, -0.15) is 0 Å². The molecule has 4 nitrogen and oxygen atoms in total. The lowest BCUT2D eigenvalue weighted by molar-refractivity contribution is 0.134. The number of nitrogens with zero attached hydrogens (tertiary/aromatic N) is 2. The Morgan fingerprint density at radius 1 is 1.53 bits per heavy atom. The van der Waals surface area contributed by atoms with E-state index in [1.165, 1.54) is 12.8 Å². The molecule has 0 amide bonds. The van der Waals surface area contributed by atoms with E-state index in [4.69, 9.17) is 4.42 Å². The van der Waals surface area contributed by atoms with Crippen molar-refractivity contribution in [2.24, 2.45) is 0 Å². The van der Waals surface area contributed by atoms with Crippen molar-refractivity contribution in [3.8, 4) is 0 Å². The van der Waals surface area contributed by atoms with Crippen molar-refractivity contribution in [1.29, 1.82) is 0 Å². The third kappa shape index (κ3) is 3.07. The summed E-state index contributed by atoms with van der Waals surface area (Å²) in [7, 11) is 0. The monoisotopic (exact) mass is 237 g/mol. The van der Waals surface area contributed by atoms with Crippen molar-refractivity contribution < 1.29 is 4.42 Å². The fourth-order valence-electron chi connectivity index (χ4n) is 2.50. The van der Waals surface area contributed by atoms with E-state index in [0.29, 0.717) is 12.1 Å². The normalized spacial score (nSPS) is 20.6. The van der Waals surface area contributed by atoms with E-state index in [-0.39, 0.29) is 0 Å². The van der Waals surface area contributed by atoms with E-state index < -0.39 is 0 Å². The van der Waals surface area contributed by atoms with Crippen molar-refractivity contribution in [1.82, 2.24) is 15.2 Å². The highest BCUT2D eigenvalue weighted by molar-refractivity contribution is 4.96. The minimum absolute atomic E-state index is 0.297. The molecule has 1 aromatic rings. The molecule has 1 atom stereocenters. The van der Waals surface area contributed by atoms with Crippen LogP contribution in [0.5, 0.6) is 0 Å². The van der Waals surface area contributed by atoms with Crippen LogP contribution in [0.25, 0.3) is 0 Å². The second kappa shape index (κ2) is 5.65. The Labute approximate surface area is 103 Å². The zero-order chi connectivity index (χ0) is 12.3.